The maximum Gasteiger partial charge on any atom is 0.416 e. The summed E-state index contributed by atoms with van der Waals surface area (Å²) in [4.78, 5) is 14.7. The van der Waals surface area contributed by atoms with Gasteiger partial charge in [-0.3, -0.25) is 9.79 Å². The van der Waals surface area contributed by atoms with Gasteiger partial charge in [-0.2, -0.15) is 39.5 Å². The Hall–Kier alpha value is -10.3. The van der Waals surface area contributed by atoms with Crippen molar-refractivity contribution in [1.82, 2.24) is 5.32 Å². The number of nitrogens with zero attached hydrogens (tertiary/aromatic N) is 2. The normalized spacial score (nSPS) is 12.4. The summed E-state index contributed by atoms with van der Waals surface area (Å²) >= 11 is 3.24. The average molecular weight is 1720 g/mol. The van der Waals surface area contributed by atoms with Gasteiger partial charge in [0.25, 0.3) is 0 Å². The second-order valence-corrected chi connectivity index (χ2v) is 28.5. The average Bonchev–Trinajstić information content (AvgIpc) is 0.801. The summed E-state index contributed by atoms with van der Waals surface area (Å²) in [7, 11) is 0. The molecule has 4 atom stereocenters. The predicted octanol–water partition coefficient (Wildman–Crippen LogP) is 24.7. The zero-order chi connectivity index (χ0) is 81.3. The molecule has 0 aliphatic rings. The molecular weight excluding hydrogens is 1630 g/mol. The molecule has 0 unspecified atom stereocenters. The quantitative estimate of drug-likeness (QED) is 0.0188. The number of hydrogen-bond acceptors (Lipinski definition) is 4. The largest absolute Gasteiger partial charge is 1.00 e. The van der Waals surface area contributed by atoms with Gasteiger partial charge in [-0.25, -0.2) is 4.58 Å². The molecule has 3 N–H and O–H groups in total. The van der Waals surface area contributed by atoms with Gasteiger partial charge in [-0.05, 0) is 172 Å². The Morgan fingerprint density at radius 2 is 0.733 bits per heavy atom. The number of benzene rings is 14. The molecule has 5 nitrogen and oxygen atoms in total. The van der Waals surface area contributed by atoms with Crippen molar-refractivity contribution in [3.05, 3.63) is 406 Å². The number of aryl methyl sites for hydroxylation is 3. The lowest BCUT2D eigenvalue weighted by Crippen LogP contribution is -3.00. The lowest BCUT2D eigenvalue weighted by molar-refractivity contribution is -0.564. The Balaban J connectivity index is 0.000000201. The summed E-state index contributed by atoms with van der Waals surface area (Å²) < 4.78 is 117. The van der Waals surface area contributed by atoms with E-state index in [4.69, 9.17) is 5.73 Å². The highest BCUT2D eigenvalue weighted by Crippen LogP contribution is 2.34. The van der Waals surface area contributed by atoms with Crippen LogP contribution < -0.4 is 28.0 Å². The van der Waals surface area contributed by atoms with Gasteiger partial charge in [0.15, 0.2) is 12.3 Å². The molecule has 0 saturated carbocycles. The first-order valence-electron chi connectivity index (χ1n) is 38.2. The van der Waals surface area contributed by atoms with Crippen LogP contribution in [0.15, 0.2) is 339 Å². The Kier molecular flexibility index (Phi) is 37.6. The Bertz CT molecular complexity index is 5330. The molecule has 0 aliphatic heterocycles. The van der Waals surface area contributed by atoms with Crippen LogP contribution in [-0.4, -0.2) is 41.7 Å². The van der Waals surface area contributed by atoms with Gasteiger partial charge in [-0.1, -0.05) is 319 Å². The first kappa shape index (κ1) is 92.8. The van der Waals surface area contributed by atoms with E-state index in [0.29, 0.717) is 24.8 Å². The fourth-order valence-electron chi connectivity index (χ4n) is 13.3. The third kappa shape index (κ3) is 29.1. The lowest BCUT2D eigenvalue weighted by Gasteiger charge is -2.17. The fraction of sp³-hybridized carbons (Fsp3) is 0.202. The van der Waals surface area contributed by atoms with E-state index in [2.05, 4.69) is 222 Å². The van der Waals surface area contributed by atoms with Gasteiger partial charge >= 0.3 is 18.5 Å². The highest BCUT2D eigenvalue weighted by molar-refractivity contribution is 9.09. The summed E-state index contributed by atoms with van der Waals surface area (Å²) in [5, 5.41) is 14.2. The summed E-state index contributed by atoms with van der Waals surface area (Å²) in [5.74, 6) is 0. The van der Waals surface area contributed by atoms with E-state index < -0.39 is 35.2 Å². The van der Waals surface area contributed by atoms with Crippen molar-refractivity contribution >= 4 is 90.1 Å². The number of carbonyl (C=O) groups is 1. The number of rotatable bonds is 21. The van der Waals surface area contributed by atoms with E-state index in [-0.39, 0.29) is 53.6 Å². The predicted molar refractivity (Wildman–Crippen MR) is 465 cm³/mol. The van der Waals surface area contributed by atoms with Crippen LogP contribution >= 0.6 is 28.3 Å². The number of carbonyl (C=O) groups excluding carboxylic acids is 1. The molecule has 0 saturated heterocycles. The smallest absolute Gasteiger partial charge is 0.416 e. The highest BCUT2D eigenvalue weighted by atomic mass is 79.9. The number of fused-ring (bicyclic) bond motifs is 4. The fourth-order valence-corrected chi connectivity index (χ4v) is 13.6. The van der Waals surface area contributed by atoms with Gasteiger partial charge in [0.1, 0.15) is 12.8 Å². The van der Waals surface area contributed by atoms with Crippen LogP contribution in [0.3, 0.4) is 0 Å². The molecule has 0 spiro atoms. The van der Waals surface area contributed by atoms with Crippen molar-refractivity contribution in [2.24, 2.45) is 10.7 Å². The number of hydrogen-bond donors (Lipinski definition) is 2. The van der Waals surface area contributed by atoms with Gasteiger partial charge < -0.3 is 28.0 Å². The molecular formula is C99H96Br2ClF9N4O. The zero-order valence-corrected chi connectivity index (χ0v) is 69.1. The number of aliphatic imine (C=N–C) groups is 1. The van der Waals surface area contributed by atoms with Crippen molar-refractivity contribution in [1.29, 1.82) is 0 Å². The van der Waals surface area contributed by atoms with Crippen molar-refractivity contribution in [3.8, 4) is 0 Å². The van der Waals surface area contributed by atoms with E-state index in [1.807, 2.05) is 98.1 Å². The number of nitrogens with one attached hydrogen (secondary N) is 1. The van der Waals surface area contributed by atoms with Crippen LogP contribution in [-0.2, 0) is 37.8 Å². The van der Waals surface area contributed by atoms with Gasteiger partial charge in [0, 0.05) is 53.7 Å². The molecule has 0 aliphatic carbocycles. The molecule has 0 radical (unpaired) electrons. The van der Waals surface area contributed by atoms with Gasteiger partial charge in [0.05, 0.1) is 22.7 Å². The molecule has 602 valence electrons. The molecule has 0 aromatic heterocycles. The Morgan fingerprint density at radius 3 is 1.15 bits per heavy atom. The molecule has 17 heteroatoms. The zero-order valence-electron chi connectivity index (χ0n) is 65.1. The first-order chi connectivity index (χ1) is 55.0. The monoisotopic (exact) mass is 1720 g/mol. The summed E-state index contributed by atoms with van der Waals surface area (Å²) in [6.45, 7) is 9.94. The van der Waals surface area contributed by atoms with Crippen LogP contribution in [0, 0.1) is 0 Å². The third-order valence-electron chi connectivity index (χ3n) is 19.3. The molecule has 0 bridgehead atoms. The molecule has 0 heterocycles. The highest BCUT2D eigenvalue weighted by Gasteiger charge is 2.32. The number of alkyl halides is 10. The maximum absolute atomic E-state index is 13.1. The summed E-state index contributed by atoms with van der Waals surface area (Å²) in [6.07, 6.45) is -3.62. The van der Waals surface area contributed by atoms with Crippen LogP contribution in [0.1, 0.15) is 148 Å². The summed E-state index contributed by atoms with van der Waals surface area (Å²) in [6, 6.07) is 105. The van der Waals surface area contributed by atoms with Crippen molar-refractivity contribution in [3.63, 3.8) is 0 Å². The Morgan fingerprint density at radius 1 is 0.397 bits per heavy atom. The minimum atomic E-state index is -4.31. The minimum absolute atomic E-state index is 0. The van der Waals surface area contributed by atoms with Gasteiger partial charge in [0.2, 0.25) is 0 Å². The lowest BCUT2D eigenvalue weighted by atomic mass is 9.99. The third-order valence-corrected chi connectivity index (χ3v) is 19.8. The van der Waals surface area contributed by atoms with E-state index in [1.54, 1.807) is 30.3 Å². The van der Waals surface area contributed by atoms with E-state index in [0.717, 1.165) is 90.0 Å². The van der Waals surface area contributed by atoms with Crippen LogP contribution in [0.2, 0.25) is 0 Å². The van der Waals surface area contributed by atoms with Crippen LogP contribution in [0.4, 0.5) is 39.5 Å². The van der Waals surface area contributed by atoms with Crippen LogP contribution in [0.25, 0.3) is 43.1 Å². The summed E-state index contributed by atoms with van der Waals surface area (Å²) in [5.41, 5.74) is 14.3. The topological polar surface area (TPSA) is 70.5 Å². The van der Waals surface area contributed by atoms with Crippen LogP contribution in [0.5, 0.6) is 0 Å². The standard InChI is InChI=1S/C29H27F3N.C22H22F3N.C19H17N.C12H13N.C10H10BrF3.C7H6O.BrH.ClH/c1-22(27-18-8-15-25-14-5-6-17-28(25)27)33(21-24-10-3-2-4-11-24)19-9-13-23-12-7-16-26(20-23)29(30,31)32;1-16(20-13-5-10-18-9-2-3-12-21(18)20)26-14-6-8-17-7-4-11-19(15-17)22(23,24)25;1-15(20-14-16-8-3-2-4-9-16)18-13-7-11-17-10-5-6-12-19(17)18;1-9(13)11-8-4-6-10-5-2-3-7-12(10)11;11-6-2-4-8-3-1-5-9(7-8)10(12,13)14;8-6-7-4-2-1-3-5-7;;/h2-8,10-12,14-18,20-22H,9,13,19H2,1H3;2-5,7,9-13,15-16,26H,6,8,14H2,1H3;2-15H,1H3;2-9H,13H2,1H3;1,3,5,7H,2,4,6H2;1-6H;2*1H/q+1;;;;;;;/p-1/t22-;16-;15-;9-;;;;/m1111..../s1. The molecule has 116 heavy (non-hydrogen) atoms. The number of nitrogens with two attached hydrogens (primary N) is 1. The molecule has 0 fully saturated rings. The SMILES string of the molecule is C[C@@H](N)c1cccc2ccccc12.C[C@@H](N=Cc1ccccc1)c1cccc2ccccc12.C[C@@H](NCCCc1cccc(C(F)(F)F)c1)c1cccc2ccccc12.C[C@H](c1cccc2ccccc12)[N+](=Cc1ccccc1)CCCc1cccc(C(F)(F)F)c1.Cl.FC(F)(F)c1cccc(CCCBr)c1.O=Cc1ccccc1.[Br-]. The minimum Gasteiger partial charge on any atom is -1.00 e. The van der Waals surface area contributed by atoms with Crippen molar-refractivity contribution in [2.45, 2.75) is 109 Å². The Labute approximate surface area is 700 Å². The maximum atomic E-state index is 13.1. The van der Waals surface area contributed by atoms with Crippen molar-refractivity contribution < 1.29 is 65.9 Å². The molecule has 14 aromatic rings. The second kappa shape index (κ2) is 47.0. The molecule has 14 aromatic carbocycles. The first-order valence-corrected chi connectivity index (χ1v) is 39.3. The van der Waals surface area contributed by atoms with E-state index in [9.17, 15) is 44.3 Å². The molecule has 0 amide bonds. The second-order valence-electron chi connectivity index (χ2n) is 27.7. The number of aldehydes is 1. The van der Waals surface area contributed by atoms with Gasteiger partial charge in [-0.15, -0.1) is 12.4 Å². The number of halogens is 12. The van der Waals surface area contributed by atoms with E-state index >= 15 is 0 Å². The molecule has 14 rings (SSSR count). The van der Waals surface area contributed by atoms with Crippen molar-refractivity contribution in [2.75, 3.05) is 18.4 Å². The van der Waals surface area contributed by atoms with E-state index in [1.165, 1.54) is 102 Å².